The maximum Gasteiger partial charge on any atom is 0.0838 e. The molecule has 1 aliphatic carbocycles. The number of aliphatic hydroxyl groups is 2. The summed E-state index contributed by atoms with van der Waals surface area (Å²) >= 11 is 0. The fourth-order valence-electron chi connectivity index (χ4n) is 0.759. The van der Waals surface area contributed by atoms with Crippen molar-refractivity contribution in [1.82, 2.24) is 0 Å². The molecule has 1 saturated carbocycles. The van der Waals surface area contributed by atoms with E-state index >= 15 is 0 Å². The van der Waals surface area contributed by atoms with E-state index in [0.717, 1.165) is 12.0 Å². The SMILES string of the molecule is C=C1C[C@H]1[C@@H](O)CO. The molecule has 0 aromatic carbocycles. The molecular formula is C6H10O2. The van der Waals surface area contributed by atoms with Gasteiger partial charge in [0.25, 0.3) is 0 Å². The van der Waals surface area contributed by atoms with Crippen molar-refractivity contribution in [2.45, 2.75) is 12.5 Å². The van der Waals surface area contributed by atoms with Gasteiger partial charge in [-0.25, -0.2) is 0 Å². The van der Waals surface area contributed by atoms with E-state index in [1.54, 1.807) is 0 Å². The average Bonchev–Trinajstić information content (AvgIpc) is 2.45. The minimum Gasteiger partial charge on any atom is -0.394 e. The zero-order chi connectivity index (χ0) is 6.15. The van der Waals surface area contributed by atoms with Crippen LogP contribution in [0.5, 0.6) is 0 Å². The van der Waals surface area contributed by atoms with Gasteiger partial charge in [-0.2, -0.15) is 0 Å². The zero-order valence-corrected chi connectivity index (χ0v) is 4.67. The molecule has 2 heteroatoms. The second-order valence-electron chi connectivity index (χ2n) is 2.22. The monoisotopic (exact) mass is 114 g/mol. The molecule has 0 radical (unpaired) electrons. The molecule has 1 fully saturated rings. The highest BCUT2D eigenvalue weighted by atomic mass is 16.3. The zero-order valence-electron chi connectivity index (χ0n) is 4.67. The van der Waals surface area contributed by atoms with Gasteiger partial charge in [0.15, 0.2) is 0 Å². The summed E-state index contributed by atoms with van der Waals surface area (Å²) in [5.41, 5.74) is 1.06. The lowest BCUT2D eigenvalue weighted by molar-refractivity contribution is 0.0815. The molecule has 0 aliphatic heterocycles. The van der Waals surface area contributed by atoms with Crippen molar-refractivity contribution in [2.24, 2.45) is 5.92 Å². The molecule has 2 N–H and O–H groups in total. The van der Waals surface area contributed by atoms with Gasteiger partial charge >= 0.3 is 0 Å². The van der Waals surface area contributed by atoms with Crippen LogP contribution >= 0.6 is 0 Å². The average molecular weight is 114 g/mol. The second-order valence-corrected chi connectivity index (χ2v) is 2.22. The number of aliphatic hydroxyl groups excluding tert-OH is 2. The van der Waals surface area contributed by atoms with Gasteiger partial charge in [-0.1, -0.05) is 12.2 Å². The van der Waals surface area contributed by atoms with Crippen LogP contribution in [-0.2, 0) is 0 Å². The Bertz CT molecular complexity index is 109. The van der Waals surface area contributed by atoms with E-state index in [-0.39, 0.29) is 12.5 Å². The van der Waals surface area contributed by atoms with Gasteiger partial charge in [0.2, 0.25) is 0 Å². The van der Waals surface area contributed by atoms with Crippen molar-refractivity contribution in [3.63, 3.8) is 0 Å². The van der Waals surface area contributed by atoms with Crippen LogP contribution in [0.15, 0.2) is 12.2 Å². The Kier molecular flexibility index (Phi) is 1.36. The smallest absolute Gasteiger partial charge is 0.0838 e. The van der Waals surface area contributed by atoms with Gasteiger partial charge < -0.3 is 10.2 Å². The Hall–Kier alpha value is -0.340. The van der Waals surface area contributed by atoms with Crippen molar-refractivity contribution in [3.05, 3.63) is 12.2 Å². The highest BCUT2D eigenvalue weighted by Crippen LogP contribution is 2.38. The van der Waals surface area contributed by atoms with Crippen molar-refractivity contribution >= 4 is 0 Å². The summed E-state index contributed by atoms with van der Waals surface area (Å²) in [5.74, 6) is 0.194. The Balaban J connectivity index is 2.28. The van der Waals surface area contributed by atoms with Gasteiger partial charge in [-0.3, -0.25) is 0 Å². The summed E-state index contributed by atoms with van der Waals surface area (Å²) in [4.78, 5) is 0. The van der Waals surface area contributed by atoms with Gasteiger partial charge in [-0.15, -0.1) is 0 Å². The molecule has 0 amide bonds. The number of hydrogen-bond acceptors (Lipinski definition) is 2. The summed E-state index contributed by atoms with van der Waals surface area (Å²) < 4.78 is 0. The first-order valence-electron chi connectivity index (χ1n) is 2.72. The van der Waals surface area contributed by atoms with Crippen LogP contribution in [0.25, 0.3) is 0 Å². The van der Waals surface area contributed by atoms with Crippen molar-refractivity contribution < 1.29 is 10.2 Å². The molecule has 46 valence electrons. The third-order valence-electron chi connectivity index (χ3n) is 1.50. The maximum absolute atomic E-state index is 8.86. The molecule has 0 bridgehead atoms. The van der Waals surface area contributed by atoms with Crippen LogP contribution in [0.3, 0.4) is 0 Å². The van der Waals surface area contributed by atoms with E-state index in [0.29, 0.717) is 0 Å². The standard InChI is InChI=1S/C6H10O2/c1-4-2-5(4)6(8)3-7/h5-8H,1-3H2/t5-,6+/m1/s1. The van der Waals surface area contributed by atoms with Gasteiger partial charge in [0.05, 0.1) is 12.7 Å². The summed E-state index contributed by atoms with van der Waals surface area (Å²) in [6.45, 7) is 3.51. The summed E-state index contributed by atoms with van der Waals surface area (Å²) in [7, 11) is 0. The van der Waals surface area contributed by atoms with E-state index in [2.05, 4.69) is 6.58 Å². The topological polar surface area (TPSA) is 40.5 Å². The first kappa shape index (κ1) is 5.79. The maximum atomic E-state index is 8.86. The molecule has 0 aromatic heterocycles. The molecule has 8 heavy (non-hydrogen) atoms. The van der Waals surface area contributed by atoms with Crippen LogP contribution in [0, 0.1) is 5.92 Å². The molecular weight excluding hydrogens is 104 g/mol. The summed E-state index contributed by atoms with van der Waals surface area (Å²) in [5, 5.41) is 17.2. The molecule has 0 unspecified atom stereocenters. The Morgan fingerprint density at radius 2 is 2.38 bits per heavy atom. The summed E-state index contributed by atoms with van der Waals surface area (Å²) in [6, 6.07) is 0. The lowest BCUT2D eigenvalue weighted by Crippen LogP contribution is -2.13. The second kappa shape index (κ2) is 1.88. The van der Waals surface area contributed by atoms with Crippen LogP contribution < -0.4 is 0 Å². The summed E-state index contributed by atoms with van der Waals surface area (Å²) in [6.07, 6.45) is 0.337. The highest BCUT2D eigenvalue weighted by Gasteiger charge is 2.33. The van der Waals surface area contributed by atoms with Crippen LogP contribution in [0.1, 0.15) is 6.42 Å². The normalized spacial score (nSPS) is 30.2. The third-order valence-corrected chi connectivity index (χ3v) is 1.50. The first-order valence-corrected chi connectivity index (χ1v) is 2.72. The lowest BCUT2D eigenvalue weighted by atomic mass is 10.2. The van der Waals surface area contributed by atoms with Crippen LogP contribution in [0.4, 0.5) is 0 Å². The Morgan fingerprint density at radius 1 is 1.88 bits per heavy atom. The third kappa shape index (κ3) is 0.904. The van der Waals surface area contributed by atoms with Crippen molar-refractivity contribution in [1.29, 1.82) is 0 Å². The molecule has 1 aliphatic rings. The molecule has 2 atom stereocenters. The fraction of sp³-hybridized carbons (Fsp3) is 0.667. The largest absolute Gasteiger partial charge is 0.394 e. The lowest BCUT2D eigenvalue weighted by Gasteiger charge is -2.00. The fourth-order valence-corrected chi connectivity index (χ4v) is 0.759. The van der Waals surface area contributed by atoms with Crippen molar-refractivity contribution in [3.8, 4) is 0 Å². The minimum atomic E-state index is -0.553. The van der Waals surface area contributed by atoms with E-state index in [9.17, 15) is 0 Å². The van der Waals surface area contributed by atoms with Crippen LogP contribution in [0.2, 0.25) is 0 Å². The van der Waals surface area contributed by atoms with Crippen molar-refractivity contribution in [2.75, 3.05) is 6.61 Å². The quantitative estimate of drug-likeness (QED) is 0.493. The van der Waals surface area contributed by atoms with Gasteiger partial charge in [0, 0.05) is 5.92 Å². The van der Waals surface area contributed by atoms with E-state index in [4.69, 9.17) is 10.2 Å². The number of hydrogen-bond donors (Lipinski definition) is 2. The predicted molar refractivity (Wildman–Crippen MR) is 30.3 cm³/mol. The van der Waals surface area contributed by atoms with Gasteiger partial charge in [0.1, 0.15) is 0 Å². The number of rotatable bonds is 2. The first-order chi connectivity index (χ1) is 3.75. The Morgan fingerprint density at radius 3 is 2.50 bits per heavy atom. The van der Waals surface area contributed by atoms with Crippen LogP contribution in [-0.4, -0.2) is 22.9 Å². The highest BCUT2D eigenvalue weighted by molar-refractivity contribution is 5.20. The van der Waals surface area contributed by atoms with E-state index < -0.39 is 6.10 Å². The molecule has 0 spiro atoms. The molecule has 1 rings (SSSR count). The predicted octanol–water partition coefficient (Wildman–Crippen LogP) is -0.0843. The van der Waals surface area contributed by atoms with E-state index in [1.165, 1.54) is 0 Å². The molecule has 0 heterocycles. The van der Waals surface area contributed by atoms with Gasteiger partial charge in [-0.05, 0) is 6.42 Å². The molecule has 0 aromatic rings. The molecule has 2 nitrogen and oxygen atoms in total. The van der Waals surface area contributed by atoms with E-state index in [1.807, 2.05) is 0 Å². The molecule has 0 saturated heterocycles. The Labute approximate surface area is 48.5 Å². The minimum absolute atomic E-state index is 0.135.